The summed E-state index contributed by atoms with van der Waals surface area (Å²) in [5, 5.41) is 3.10. The van der Waals surface area contributed by atoms with Crippen molar-refractivity contribution >= 4 is 0 Å². The number of ether oxygens (including phenoxy) is 2. The Kier molecular flexibility index (Phi) is 3.24. The molecule has 0 saturated carbocycles. The van der Waals surface area contributed by atoms with Gasteiger partial charge in [-0.1, -0.05) is 0 Å². The average molecular weight is 229 g/mol. The van der Waals surface area contributed by atoms with E-state index in [0.717, 1.165) is 25.1 Å². The lowest BCUT2D eigenvalue weighted by molar-refractivity contribution is 0.202. The van der Waals surface area contributed by atoms with Gasteiger partial charge >= 0.3 is 0 Å². The average Bonchev–Trinajstić information content (AvgIpc) is 2.74. The van der Waals surface area contributed by atoms with Crippen molar-refractivity contribution in [3.63, 3.8) is 0 Å². The van der Waals surface area contributed by atoms with Crippen LogP contribution in [0.2, 0.25) is 0 Å². The molecule has 1 aliphatic heterocycles. The predicted octanol–water partition coefficient (Wildman–Crippen LogP) is 1.71. The molecule has 3 nitrogen and oxygen atoms in total. The highest BCUT2D eigenvalue weighted by Gasteiger charge is 2.21. The number of benzene rings is 1. The summed E-state index contributed by atoms with van der Waals surface area (Å²) in [6, 6.07) is 1.90. The van der Waals surface area contributed by atoms with E-state index in [1.807, 2.05) is 0 Å². The second-order valence-electron chi connectivity index (χ2n) is 3.65. The minimum atomic E-state index is -0.733. The molecule has 1 N–H and O–H groups in total. The molecule has 1 unspecified atom stereocenters. The second kappa shape index (κ2) is 4.65. The maximum absolute atomic E-state index is 13.5. The Morgan fingerprint density at radius 2 is 2.19 bits per heavy atom. The smallest absolute Gasteiger partial charge is 0.197 e. The Balaban J connectivity index is 2.23. The molecular formula is C11H13F2NO2. The van der Waals surface area contributed by atoms with Gasteiger partial charge in [0.25, 0.3) is 0 Å². The van der Waals surface area contributed by atoms with Crippen molar-refractivity contribution in [3.05, 3.63) is 23.8 Å². The van der Waals surface area contributed by atoms with Gasteiger partial charge < -0.3 is 14.8 Å². The molecular weight excluding hydrogens is 216 g/mol. The molecule has 0 bridgehead atoms. The van der Waals surface area contributed by atoms with Crippen LogP contribution in [0.25, 0.3) is 0 Å². The minimum absolute atomic E-state index is 0.0161. The van der Waals surface area contributed by atoms with Crippen molar-refractivity contribution in [2.24, 2.45) is 0 Å². The first kappa shape index (κ1) is 11.1. The lowest BCUT2D eigenvalue weighted by Gasteiger charge is -2.15. The molecule has 0 amide bonds. The molecule has 1 fully saturated rings. The second-order valence-corrected chi connectivity index (χ2v) is 3.65. The number of nitrogens with one attached hydrogen (secondary N) is 1. The standard InChI is InChI=1S/C11H13F2NO2/c1-15-10-5-7(12)4-9(13)11(10)16-8-2-3-14-6-8/h4-5,8,14H,2-3,6H2,1H3. The van der Waals surface area contributed by atoms with Crippen molar-refractivity contribution in [2.45, 2.75) is 12.5 Å². The van der Waals surface area contributed by atoms with Crippen molar-refractivity contribution in [2.75, 3.05) is 20.2 Å². The third-order valence-corrected chi connectivity index (χ3v) is 2.49. The van der Waals surface area contributed by atoms with Crippen molar-refractivity contribution in [1.29, 1.82) is 0 Å². The Hall–Kier alpha value is -1.36. The van der Waals surface area contributed by atoms with Gasteiger partial charge in [-0.05, 0) is 13.0 Å². The van der Waals surface area contributed by atoms with E-state index in [0.29, 0.717) is 6.54 Å². The topological polar surface area (TPSA) is 30.5 Å². The van der Waals surface area contributed by atoms with Gasteiger partial charge in [-0.3, -0.25) is 0 Å². The van der Waals surface area contributed by atoms with Gasteiger partial charge in [0.2, 0.25) is 0 Å². The fraction of sp³-hybridized carbons (Fsp3) is 0.455. The normalized spacial score (nSPS) is 19.8. The predicted molar refractivity (Wildman–Crippen MR) is 54.8 cm³/mol. The molecule has 0 radical (unpaired) electrons. The Morgan fingerprint density at radius 3 is 2.81 bits per heavy atom. The summed E-state index contributed by atoms with van der Waals surface area (Å²) >= 11 is 0. The van der Waals surface area contributed by atoms with Gasteiger partial charge in [-0.25, -0.2) is 8.78 Å². The van der Waals surface area contributed by atoms with Crippen LogP contribution in [-0.4, -0.2) is 26.3 Å². The van der Waals surface area contributed by atoms with Gasteiger partial charge in [0, 0.05) is 18.7 Å². The highest BCUT2D eigenvalue weighted by atomic mass is 19.1. The lowest BCUT2D eigenvalue weighted by Crippen LogP contribution is -2.20. The third kappa shape index (κ3) is 2.24. The first-order valence-corrected chi connectivity index (χ1v) is 5.11. The molecule has 2 rings (SSSR count). The first-order valence-electron chi connectivity index (χ1n) is 5.11. The third-order valence-electron chi connectivity index (χ3n) is 2.49. The highest BCUT2D eigenvalue weighted by Crippen LogP contribution is 2.32. The van der Waals surface area contributed by atoms with E-state index in [9.17, 15) is 8.78 Å². The zero-order valence-electron chi connectivity index (χ0n) is 8.93. The van der Waals surface area contributed by atoms with Crippen LogP contribution in [0.4, 0.5) is 8.78 Å². The zero-order valence-corrected chi connectivity index (χ0v) is 8.93. The molecule has 16 heavy (non-hydrogen) atoms. The van der Waals surface area contributed by atoms with Crippen LogP contribution in [-0.2, 0) is 0 Å². The summed E-state index contributed by atoms with van der Waals surface area (Å²) in [5.74, 6) is -1.34. The van der Waals surface area contributed by atoms with Gasteiger partial charge in [0.05, 0.1) is 7.11 Å². The van der Waals surface area contributed by atoms with Crippen molar-refractivity contribution < 1.29 is 18.3 Å². The number of methoxy groups -OCH3 is 1. The molecule has 1 aromatic rings. The van der Waals surface area contributed by atoms with E-state index in [-0.39, 0.29) is 17.6 Å². The first-order chi connectivity index (χ1) is 7.70. The molecule has 1 saturated heterocycles. The maximum Gasteiger partial charge on any atom is 0.197 e. The largest absolute Gasteiger partial charge is 0.493 e. The van der Waals surface area contributed by atoms with Gasteiger partial charge in [-0.2, -0.15) is 0 Å². The fourth-order valence-corrected chi connectivity index (χ4v) is 1.70. The van der Waals surface area contributed by atoms with Crippen LogP contribution in [0.1, 0.15) is 6.42 Å². The number of hydrogen-bond acceptors (Lipinski definition) is 3. The van der Waals surface area contributed by atoms with Crippen LogP contribution in [0.5, 0.6) is 11.5 Å². The fourth-order valence-electron chi connectivity index (χ4n) is 1.70. The van der Waals surface area contributed by atoms with Crippen molar-refractivity contribution in [3.8, 4) is 11.5 Å². The molecule has 5 heteroatoms. The number of rotatable bonds is 3. The summed E-state index contributed by atoms with van der Waals surface area (Å²) in [7, 11) is 1.36. The van der Waals surface area contributed by atoms with Gasteiger partial charge in [0.15, 0.2) is 17.3 Å². The van der Waals surface area contributed by atoms with Crippen LogP contribution in [0, 0.1) is 11.6 Å². The number of halogens is 2. The molecule has 1 heterocycles. The molecule has 0 spiro atoms. The monoisotopic (exact) mass is 229 g/mol. The van der Waals surface area contributed by atoms with Gasteiger partial charge in [-0.15, -0.1) is 0 Å². The van der Waals surface area contributed by atoms with E-state index in [4.69, 9.17) is 9.47 Å². The molecule has 1 aliphatic rings. The van der Waals surface area contributed by atoms with E-state index >= 15 is 0 Å². The summed E-state index contributed by atoms with van der Waals surface area (Å²) in [4.78, 5) is 0. The molecule has 0 aromatic heterocycles. The summed E-state index contributed by atoms with van der Waals surface area (Å²) in [6.07, 6.45) is 0.717. The maximum atomic E-state index is 13.5. The summed E-state index contributed by atoms with van der Waals surface area (Å²) in [5.41, 5.74) is 0. The lowest BCUT2D eigenvalue weighted by atomic mass is 10.2. The number of hydrogen-bond donors (Lipinski definition) is 1. The zero-order chi connectivity index (χ0) is 11.5. The van der Waals surface area contributed by atoms with E-state index < -0.39 is 11.6 Å². The molecule has 1 aromatic carbocycles. The molecule has 88 valence electrons. The Labute approximate surface area is 92.4 Å². The highest BCUT2D eigenvalue weighted by molar-refractivity contribution is 5.41. The van der Waals surface area contributed by atoms with Crippen LogP contribution < -0.4 is 14.8 Å². The van der Waals surface area contributed by atoms with E-state index in [2.05, 4.69) is 5.32 Å². The van der Waals surface area contributed by atoms with Crippen molar-refractivity contribution in [1.82, 2.24) is 5.32 Å². The minimum Gasteiger partial charge on any atom is -0.493 e. The molecule has 1 atom stereocenters. The molecule has 0 aliphatic carbocycles. The Bertz CT molecular complexity index is 378. The van der Waals surface area contributed by atoms with Crippen LogP contribution in [0.3, 0.4) is 0 Å². The van der Waals surface area contributed by atoms with E-state index in [1.165, 1.54) is 7.11 Å². The summed E-state index contributed by atoms with van der Waals surface area (Å²) in [6.45, 7) is 1.51. The quantitative estimate of drug-likeness (QED) is 0.856. The summed E-state index contributed by atoms with van der Waals surface area (Å²) < 4.78 is 36.8. The van der Waals surface area contributed by atoms with Gasteiger partial charge in [0.1, 0.15) is 11.9 Å². The van der Waals surface area contributed by atoms with Crippen LogP contribution >= 0.6 is 0 Å². The van der Waals surface area contributed by atoms with E-state index in [1.54, 1.807) is 0 Å². The SMILES string of the molecule is COc1cc(F)cc(F)c1OC1CCNC1. The Morgan fingerprint density at radius 1 is 1.38 bits per heavy atom. The van der Waals surface area contributed by atoms with Crippen LogP contribution in [0.15, 0.2) is 12.1 Å².